The zero-order valence-corrected chi connectivity index (χ0v) is 8.57. The van der Waals surface area contributed by atoms with Gasteiger partial charge in [-0.2, -0.15) is 0 Å². The summed E-state index contributed by atoms with van der Waals surface area (Å²) in [5.74, 6) is 0.198. The Balaban J connectivity index is 2.54. The van der Waals surface area contributed by atoms with Crippen molar-refractivity contribution in [1.29, 1.82) is 0 Å². The van der Waals surface area contributed by atoms with Crippen molar-refractivity contribution in [2.45, 2.75) is 6.92 Å². The van der Waals surface area contributed by atoms with Crippen LogP contribution in [-0.4, -0.2) is 5.11 Å². The van der Waals surface area contributed by atoms with Crippen LogP contribution < -0.4 is 5.73 Å². The lowest BCUT2D eigenvalue weighted by molar-refractivity contribution is 0.476. The van der Waals surface area contributed by atoms with Crippen LogP contribution in [0.5, 0.6) is 5.75 Å². The Morgan fingerprint density at radius 1 is 1.07 bits per heavy atom. The fourth-order valence-corrected chi connectivity index (χ4v) is 1.63. The third-order valence-electron chi connectivity index (χ3n) is 2.36. The van der Waals surface area contributed by atoms with E-state index in [0.29, 0.717) is 5.69 Å². The molecular formula is C13H13NO. The summed E-state index contributed by atoms with van der Waals surface area (Å²) in [7, 11) is 0. The predicted molar refractivity (Wildman–Crippen MR) is 62.7 cm³/mol. The van der Waals surface area contributed by atoms with Gasteiger partial charge in [-0.1, -0.05) is 29.8 Å². The number of phenols is 1. The van der Waals surface area contributed by atoms with Crippen molar-refractivity contribution >= 4 is 5.69 Å². The normalized spacial score (nSPS) is 10.2. The van der Waals surface area contributed by atoms with E-state index < -0.39 is 0 Å². The summed E-state index contributed by atoms with van der Waals surface area (Å²) in [5.41, 5.74) is 9.67. The number of phenolic OH excluding ortho intramolecular Hbond substituents is 1. The molecule has 0 amide bonds. The molecule has 2 nitrogen and oxygen atoms in total. The summed E-state index contributed by atoms with van der Waals surface area (Å²) in [6, 6.07) is 13.2. The minimum atomic E-state index is 0.198. The molecule has 2 rings (SSSR count). The standard InChI is InChI=1S/C13H13NO/c1-9-3-2-4-10(7-9)12-6-5-11(15)8-13(12)14/h2-8,15H,14H2,1H3. The Morgan fingerprint density at radius 2 is 1.87 bits per heavy atom. The molecule has 0 radical (unpaired) electrons. The number of hydrogen-bond donors (Lipinski definition) is 2. The van der Waals surface area contributed by atoms with Gasteiger partial charge in [-0.15, -0.1) is 0 Å². The van der Waals surface area contributed by atoms with Gasteiger partial charge in [-0.25, -0.2) is 0 Å². The van der Waals surface area contributed by atoms with Crippen LogP contribution in [0.3, 0.4) is 0 Å². The van der Waals surface area contributed by atoms with Crippen molar-refractivity contribution in [3.63, 3.8) is 0 Å². The second-order valence-electron chi connectivity index (χ2n) is 3.64. The first-order valence-corrected chi connectivity index (χ1v) is 4.82. The molecule has 15 heavy (non-hydrogen) atoms. The third-order valence-corrected chi connectivity index (χ3v) is 2.36. The molecule has 0 aliphatic heterocycles. The summed E-state index contributed by atoms with van der Waals surface area (Å²) < 4.78 is 0. The fourth-order valence-electron chi connectivity index (χ4n) is 1.63. The molecule has 0 aromatic heterocycles. The van der Waals surface area contributed by atoms with Crippen molar-refractivity contribution in [2.75, 3.05) is 5.73 Å². The van der Waals surface area contributed by atoms with E-state index >= 15 is 0 Å². The number of nitrogens with two attached hydrogens (primary N) is 1. The third kappa shape index (κ3) is 1.94. The number of nitrogen functional groups attached to an aromatic ring is 1. The molecule has 2 aromatic rings. The van der Waals surface area contributed by atoms with E-state index in [1.165, 1.54) is 5.56 Å². The average Bonchev–Trinajstić information content (AvgIpc) is 2.17. The first-order valence-electron chi connectivity index (χ1n) is 4.82. The van der Waals surface area contributed by atoms with E-state index in [0.717, 1.165) is 11.1 Å². The van der Waals surface area contributed by atoms with Crippen molar-refractivity contribution in [3.05, 3.63) is 48.0 Å². The second-order valence-corrected chi connectivity index (χ2v) is 3.64. The zero-order chi connectivity index (χ0) is 10.8. The summed E-state index contributed by atoms with van der Waals surface area (Å²) in [4.78, 5) is 0. The van der Waals surface area contributed by atoms with Gasteiger partial charge in [0.25, 0.3) is 0 Å². The molecule has 3 N–H and O–H groups in total. The molecule has 0 saturated carbocycles. The minimum Gasteiger partial charge on any atom is -0.508 e. The maximum Gasteiger partial charge on any atom is 0.117 e. The van der Waals surface area contributed by atoms with E-state index in [-0.39, 0.29) is 5.75 Å². The Kier molecular flexibility index (Phi) is 2.34. The molecule has 0 heterocycles. The molecule has 0 aliphatic rings. The Morgan fingerprint density at radius 3 is 2.53 bits per heavy atom. The van der Waals surface area contributed by atoms with E-state index in [2.05, 4.69) is 6.07 Å². The van der Waals surface area contributed by atoms with Gasteiger partial charge < -0.3 is 10.8 Å². The highest BCUT2D eigenvalue weighted by Gasteiger charge is 2.02. The van der Waals surface area contributed by atoms with Crippen LogP contribution in [0.4, 0.5) is 5.69 Å². The summed E-state index contributed by atoms with van der Waals surface area (Å²) in [6.45, 7) is 2.04. The van der Waals surface area contributed by atoms with E-state index in [1.54, 1.807) is 12.1 Å². The molecule has 0 spiro atoms. The van der Waals surface area contributed by atoms with Crippen molar-refractivity contribution in [1.82, 2.24) is 0 Å². The van der Waals surface area contributed by atoms with Gasteiger partial charge in [-0.3, -0.25) is 0 Å². The summed E-state index contributed by atoms with van der Waals surface area (Å²) in [5, 5.41) is 9.26. The number of rotatable bonds is 1. The Bertz CT molecular complexity index is 492. The molecule has 76 valence electrons. The smallest absolute Gasteiger partial charge is 0.117 e. The minimum absolute atomic E-state index is 0.198. The first kappa shape index (κ1) is 9.59. The molecule has 2 aromatic carbocycles. The second kappa shape index (κ2) is 3.65. The number of hydrogen-bond acceptors (Lipinski definition) is 2. The highest BCUT2D eigenvalue weighted by atomic mass is 16.3. The van der Waals surface area contributed by atoms with Crippen LogP contribution in [0.15, 0.2) is 42.5 Å². The molecule has 0 saturated heterocycles. The molecule has 0 atom stereocenters. The first-order chi connectivity index (χ1) is 7.16. The molecule has 2 heteroatoms. The van der Waals surface area contributed by atoms with Gasteiger partial charge in [0.2, 0.25) is 0 Å². The Hall–Kier alpha value is -1.96. The maximum absolute atomic E-state index is 9.26. The van der Waals surface area contributed by atoms with Crippen molar-refractivity contribution in [2.24, 2.45) is 0 Å². The molecule has 0 bridgehead atoms. The quantitative estimate of drug-likeness (QED) is 0.693. The van der Waals surface area contributed by atoms with Crippen LogP contribution in [-0.2, 0) is 0 Å². The van der Waals surface area contributed by atoms with E-state index in [1.807, 2.05) is 31.2 Å². The van der Waals surface area contributed by atoms with Crippen LogP contribution in [0.1, 0.15) is 5.56 Å². The predicted octanol–water partition coefficient (Wildman–Crippen LogP) is 2.95. The van der Waals surface area contributed by atoms with Crippen LogP contribution in [0.25, 0.3) is 11.1 Å². The van der Waals surface area contributed by atoms with Crippen molar-refractivity contribution < 1.29 is 5.11 Å². The zero-order valence-electron chi connectivity index (χ0n) is 8.57. The maximum atomic E-state index is 9.26. The monoisotopic (exact) mass is 199 g/mol. The van der Waals surface area contributed by atoms with Crippen LogP contribution >= 0.6 is 0 Å². The lowest BCUT2D eigenvalue weighted by atomic mass is 10.0. The van der Waals surface area contributed by atoms with Crippen molar-refractivity contribution in [3.8, 4) is 16.9 Å². The topological polar surface area (TPSA) is 46.2 Å². The highest BCUT2D eigenvalue weighted by molar-refractivity contribution is 5.77. The Labute approximate surface area is 89.0 Å². The van der Waals surface area contributed by atoms with Gasteiger partial charge >= 0.3 is 0 Å². The number of aromatic hydroxyl groups is 1. The molecule has 0 fully saturated rings. The van der Waals surface area contributed by atoms with E-state index in [9.17, 15) is 5.11 Å². The molecular weight excluding hydrogens is 186 g/mol. The van der Waals surface area contributed by atoms with Gasteiger partial charge in [-0.05, 0) is 24.6 Å². The van der Waals surface area contributed by atoms with E-state index in [4.69, 9.17) is 5.73 Å². The van der Waals surface area contributed by atoms with Gasteiger partial charge in [0, 0.05) is 17.3 Å². The lowest BCUT2D eigenvalue weighted by Crippen LogP contribution is -1.89. The summed E-state index contributed by atoms with van der Waals surface area (Å²) in [6.07, 6.45) is 0. The van der Waals surface area contributed by atoms with Gasteiger partial charge in [0.1, 0.15) is 5.75 Å². The largest absolute Gasteiger partial charge is 0.508 e. The number of anilines is 1. The van der Waals surface area contributed by atoms with Crippen LogP contribution in [0, 0.1) is 6.92 Å². The summed E-state index contributed by atoms with van der Waals surface area (Å²) >= 11 is 0. The SMILES string of the molecule is Cc1cccc(-c2ccc(O)cc2N)c1. The van der Waals surface area contributed by atoms with Gasteiger partial charge in [0.05, 0.1) is 0 Å². The number of aryl methyl sites for hydroxylation is 1. The fraction of sp³-hybridized carbons (Fsp3) is 0.0769. The lowest BCUT2D eigenvalue weighted by Gasteiger charge is -2.06. The molecule has 0 aliphatic carbocycles. The molecule has 0 unspecified atom stereocenters. The van der Waals surface area contributed by atoms with Crippen LogP contribution in [0.2, 0.25) is 0 Å². The van der Waals surface area contributed by atoms with Gasteiger partial charge in [0.15, 0.2) is 0 Å². The number of benzene rings is 2. The highest BCUT2D eigenvalue weighted by Crippen LogP contribution is 2.29. The average molecular weight is 199 g/mol.